The molecule has 0 bridgehead atoms. The van der Waals surface area contributed by atoms with E-state index in [0.29, 0.717) is 18.3 Å². The van der Waals surface area contributed by atoms with Gasteiger partial charge in [-0.25, -0.2) is 0 Å². The number of hydrogen-bond donors (Lipinski definition) is 2. The summed E-state index contributed by atoms with van der Waals surface area (Å²) in [4.78, 5) is 2.36. The van der Waals surface area contributed by atoms with Crippen LogP contribution in [0.2, 0.25) is 0 Å². The highest BCUT2D eigenvalue weighted by Crippen LogP contribution is 2.06. The Morgan fingerprint density at radius 1 is 1.27 bits per heavy atom. The molecular formula is C11H25N3O. The van der Waals surface area contributed by atoms with Gasteiger partial charge in [0.2, 0.25) is 0 Å². The van der Waals surface area contributed by atoms with Crippen LogP contribution in [0.15, 0.2) is 5.16 Å². The molecule has 0 spiro atoms. The molecule has 0 unspecified atom stereocenters. The molecular weight excluding hydrogens is 190 g/mol. The monoisotopic (exact) mass is 215 g/mol. The first-order chi connectivity index (χ1) is 6.97. The van der Waals surface area contributed by atoms with Crippen molar-refractivity contribution in [3.63, 3.8) is 0 Å². The lowest BCUT2D eigenvalue weighted by Gasteiger charge is -2.26. The van der Waals surface area contributed by atoms with Crippen molar-refractivity contribution in [2.24, 2.45) is 16.8 Å². The lowest BCUT2D eigenvalue weighted by molar-refractivity contribution is 0.214. The molecule has 0 fully saturated rings. The predicted octanol–water partition coefficient (Wildman–Crippen LogP) is 1.88. The third-order valence-electron chi connectivity index (χ3n) is 2.51. The zero-order valence-corrected chi connectivity index (χ0v) is 10.4. The van der Waals surface area contributed by atoms with E-state index in [1.165, 1.54) is 6.42 Å². The molecule has 0 aromatic rings. The summed E-state index contributed by atoms with van der Waals surface area (Å²) in [6, 6.07) is 0.509. The Kier molecular flexibility index (Phi) is 7.13. The van der Waals surface area contributed by atoms with Crippen molar-refractivity contribution in [3.8, 4) is 0 Å². The highest BCUT2D eigenvalue weighted by Gasteiger charge is 2.10. The molecule has 0 rings (SSSR count). The third-order valence-corrected chi connectivity index (χ3v) is 2.51. The maximum Gasteiger partial charge on any atom is 0.140 e. The summed E-state index contributed by atoms with van der Waals surface area (Å²) in [7, 11) is 0. The first-order valence-corrected chi connectivity index (χ1v) is 5.67. The van der Waals surface area contributed by atoms with E-state index in [2.05, 4.69) is 37.8 Å². The molecule has 0 aromatic heterocycles. The lowest BCUT2D eigenvalue weighted by Crippen LogP contribution is -2.35. The van der Waals surface area contributed by atoms with Crippen LogP contribution in [0, 0.1) is 5.92 Å². The van der Waals surface area contributed by atoms with Crippen LogP contribution in [-0.2, 0) is 0 Å². The Bertz CT molecular complexity index is 190. The van der Waals surface area contributed by atoms with E-state index in [1.807, 2.05) is 0 Å². The first-order valence-electron chi connectivity index (χ1n) is 5.67. The lowest BCUT2D eigenvalue weighted by atomic mass is 10.1. The van der Waals surface area contributed by atoms with Crippen molar-refractivity contribution >= 4 is 5.84 Å². The van der Waals surface area contributed by atoms with Gasteiger partial charge < -0.3 is 15.8 Å². The summed E-state index contributed by atoms with van der Waals surface area (Å²) in [5.74, 6) is 1.03. The Hall–Kier alpha value is -0.770. The second-order valence-electron chi connectivity index (χ2n) is 4.65. The van der Waals surface area contributed by atoms with E-state index < -0.39 is 0 Å². The van der Waals surface area contributed by atoms with E-state index in [-0.39, 0.29) is 0 Å². The fraction of sp³-hybridized carbons (Fsp3) is 0.909. The van der Waals surface area contributed by atoms with E-state index in [9.17, 15) is 0 Å². The SMILES string of the molecule is CC(C)CCN(CCC(N)=NO)C(C)C. The van der Waals surface area contributed by atoms with Crippen molar-refractivity contribution in [1.82, 2.24) is 4.90 Å². The Labute approximate surface area is 93.1 Å². The van der Waals surface area contributed by atoms with Crippen LogP contribution in [0.3, 0.4) is 0 Å². The molecule has 0 aliphatic carbocycles. The van der Waals surface area contributed by atoms with E-state index in [0.717, 1.165) is 19.0 Å². The molecule has 0 amide bonds. The average Bonchev–Trinajstić information content (AvgIpc) is 2.16. The molecule has 4 nitrogen and oxygen atoms in total. The summed E-state index contributed by atoms with van der Waals surface area (Å²) in [5, 5.41) is 11.4. The highest BCUT2D eigenvalue weighted by molar-refractivity contribution is 5.79. The summed E-state index contributed by atoms with van der Waals surface area (Å²) < 4.78 is 0. The minimum Gasteiger partial charge on any atom is -0.409 e. The molecule has 0 saturated carbocycles. The highest BCUT2D eigenvalue weighted by atomic mass is 16.4. The third kappa shape index (κ3) is 7.19. The van der Waals surface area contributed by atoms with Gasteiger partial charge in [-0.05, 0) is 32.7 Å². The fourth-order valence-electron chi connectivity index (χ4n) is 1.36. The number of nitrogens with zero attached hydrogens (tertiary/aromatic N) is 2. The Morgan fingerprint density at radius 3 is 2.27 bits per heavy atom. The summed E-state index contributed by atoms with van der Waals surface area (Å²) >= 11 is 0. The second-order valence-corrected chi connectivity index (χ2v) is 4.65. The topological polar surface area (TPSA) is 61.8 Å². The van der Waals surface area contributed by atoms with Crippen molar-refractivity contribution in [2.75, 3.05) is 13.1 Å². The summed E-state index contributed by atoms with van der Waals surface area (Å²) in [6.45, 7) is 10.7. The zero-order chi connectivity index (χ0) is 11.8. The number of nitrogens with two attached hydrogens (primary N) is 1. The Balaban J connectivity index is 3.94. The first kappa shape index (κ1) is 14.2. The molecule has 15 heavy (non-hydrogen) atoms. The van der Waals surface area contributed by atoms with Gasteiger partial charge in [0.15, 0.2) is 0 Å². The maximum atomic E-state index is 8.45. The van der Waals surface area contributed by atoms with Crippen LogP contribution >= 0.6 is 0 Å². The summed E-state index contributed by atoms with van der Waals surface area (Å²) in [5.41, 5.74) is 5.45. The standard InChI is InChI=1S/C11H25N3O/c1-9(2)5-7-14(10(3)4)8-6-11(12)13-15/h9-10,15H,5-8H2,1-4H3,(H2,12,13). The Morgan fingerprint density at radius 2 is 1.87 bits per heavy atom. The van der Waals surface area contributed by atoms with Gasteiger partial charge in [0, 0.05) is 19.0 Å². The largest absolute Gasteiger partial charge is 0.409 e. The van der Waals surface area contributed by atoms with Crippen LogP contribution in [0.5, 0.6) is 0 Å². The number of hydrogen-bond acceptors (Lipinski definition) is 3. The molecule has 0 aliphatic rings. The van der Waals surface area contributed by atoms with Crippen molar-refractivity contribution in [3.05, 3.63) is 0 Å². The summed E-state index contributed by atoms with van der Waals surface area (Å²) in [6.07, 6.45) is 1.82. The van der Waals surface area contributed by atoms with Crippen LogP contribution in [-0.4, -0.2) is 35.1 Å². The van der Waals surface area contributed by atoms with Crippen LogP contribution in [0.25, 0.3) is 0 Å². The van der Waals surface area contributed by atoms with Gasteiger partial charge >= 0.3 is 0 Å². The quantitative estimate of drug-likeness (QED) is 0.295. The maximum absolute atomic E-state index is 8.45. The van der Waals surface area contributed by atoms with E-state index in [1.54, 1.807) is 0 Å². The molecule has 0 heterocycles. The number of oxime groups is 1. The molecule has 0 aliphatic heterocycles. The van der Waals surface area contributed by atoms with E-state index >= 15 is 0 Å². The number of amidine groups is 1. The van der Waals surface area contributed by atoms with E-state index in [4.69, 9.17) is 10.9 Å². The minimum atomic E-state index is 0.310. The van der Waals surface area contributed by atoms with Crippen LogP contribution in [0.4, 0.5) is 0 Å². The van der Waals surface area contributed by atoms with Crippen molar-refractivity contribution in [1.29, 1.82) is 0 Å². The van der Waals surface area contributed by atoms with Gasteiger partial charge in [0.25, 0.3) is 0 Å². The predicted molar refractivity (Wildman–Crippen MR) is 64.2 cm³/mol. The van der Waals surface area contributed by atoms with Gasteiger partial charge in [-0.2, -0.15) is 0 Å². The minimum absolute atomic E-state index is 0.310. The smallest absolute Gasteiger partial charge is 0.140 e. The normalized spacial score (nSPS) is 13.1. The molecule has 0 atom stereocenters. The van der Waals surface area contributed by atoms with Crippen LogP contribution < -0.4 is 5.73 Å². The average molecular weight is 215 g/mol. The molecule has 3 N–H and O–H groups in total. The van der Waals surface area contributed by atoms with Crippen molar-refractivity contribution < 1.29 is 5.21 Å². The van der Waals surface area contributed by atoms with Crippen LogP contribution in [0.1, 0.15) is 40.5 Å². The van der Waals surface area contributed by atoms with Gasteiger partial charge in [0.05, 0.1) is 0 Å². The zero-order valence-electron chi connectivity index (χ0n) is 10.4. The molecule has 0 radical (unpaired) electrons. The molecule has 0 aromatic carbocycles. The van der Waals surface area contributed by atoms with Gasteiger partial charge in [-0.15, -0.1) is 0 Å². The van der Waals surface area contributed by atoms with Crippen molar-refractivity contribution in [2.45, 2.75) is 46.6 Å². The molecule has 90 valence electrons. The van der Waals surface area contributed by atoms with Gasteiger partial charge in [-0.3, -0.25) is 0 Å². The fourth-order valence-corrected chi connectivity index (χ4v) is 1.36. The molecule has 0 saturated heterocycles. The van der Waals surface area contributed by atoms with Gasteiger partial charge in [0.1, 0.15) is 5.84 Å². The molecule has 4 heteroatoms. The van der Waals surface area contributed by atoms with Gasteiger partial charge in [-0.1, -0.05) is 19.0 Å². The second kappa shape index (κ2) is 7.51. The number of rotatable bonds is 7.